The van der Waals surface area contributed by atoms with Crippen LogP contribution in [0.3, 0.4) is 0 Å². The third kappa shape index (κ3) is 2.77. The van der Waals surface area contributed by atoms with E-state index in [4.69, 9.17) is 0 Å². The molecule has 2 rings (SSSR count). The van der Waals surface area contributed by atoms with Gasteiger partial charge in [0.05, 0.1) is 0 Å². The highest BCUT2D eigenvalue weighted by molar-refractivity contribution is 5.85. The lowest BCUT2D eigenvalue weighted by Gasteiger charge is -2.23. The molecule has 0 aliphatic carbocycles. The smallest absolute Gasteiger partial charge is 0.149 e. The Morgan fingerprint density at radius 1 is 1.25 bits per heavy atom. The van der Waals surface area contributed by atoms with Crippen molar-refractivity contribution in [1.82, 2.24) is 4.98 Å². The van der Waals surface area contributed by atoms with Crippen LogP contribution in [0.15, 0.2) is 18.2 Å². The minimum absolute atomic E-state index is 0.0317. The quantitative estimate of drug-likeness (QED) is 0.869. The van der Waals surface area contributed by atoms with Crippen LogP contribution in [0.2, 0.25) is 0 Å². The summed E-state index contributed by atoms with van der Waals surface area (Å²) in [7, 11) is 0. The Morgan fingerprint density at radius 3 is 2.55 bits per heavy atom. The number of nitrogens with zero attached hydrogens (tertiary/aromatic N) is 1. The van der Waals surface area contributed by atoms with Crippen molar-refractivity contribution in [3.8, 4) is 0 Å². The van der Waals surface area contributed by atoms with Gasteiger partial charge in [-0.05, 0) is 36.5 Å². The van der Waals surface area contributed by atoms with Crippen molar-refractivity contribution < 1.29 is 4.39 Å². The number of nitrogens with one attached hydrogen (secondary N) is 1. The van der Waals surface area contributed by atoms with Gasteiger partial charge in [0.15, 0.2) is 0 Å². The Bertz CT molecular complexity index is 627. The zero-order valence-corrected chi connectivity index (χ0v) is 13.0. The molecule has 0 unspecified atom stereocenters. The molecule has 108 valence electrons. The van der Waals surface area contributed by atoms with Gasteiger partial charge in [0.2, 0.25) is 0 Å². The molecule has 2 nitrogen and oxygen atoms in total. The summed E-state index contributed by atoms with van der Waals surface area (Å²) in [5, 5.41) is 4.23. The maximum absolute atomic E-state index is 14.0. The van der Waals surface area contributed by atoms with E-state index in [0.29, 0.717) is 5.52 Å². The molecule has 0 aliphatic heterocycles. The molecular formula is C17H23FN2. The normalized spacial score (nSPS) is 11.9. The van der Waals surface area contributed by atoms with Gasteiger partial charge in [0, 0.05) is 17.5 Å². The van der Waals surface area contributed by atoms with Crippen molar-refractivity contribution in [2.24, 2.45) is 0 Å². The largest absolute Gasteiger partial charge is 0.370 e. The number of anilines is 1. The Balaban J connectivity index is 2.71. The molecule has 0 bridgehead atoms. The molecule has 1 aromatic heterocycles. The molecule has 3 heteroatoms. The van der Waals surface area contributed by atoms with E-state index in [0.717, 1.165) is 35.3 Å². The van der Waals surface area contributed by atoms with Crippen LogP contribution in [-0.4, -0.2) is 11.5 Å². The topological polar surface area (TPSA) is 24.9 Å². The molecule has 0 saturated carbocycles. The van der Waals surface area contributed by atoms with Crippen LogP contribution in [-0.2, 0) is 5.41 Å². The lowest BCUT2D eigenvalue weighted by Crippen LogP contribution is -2.17. The summed E-state index contributed by atoms with van der Waals surface area (Å²) < 4.78 is 14.0. The van der Waals surface area contributed by atoms with Crippen LogP contribution in [0.4, 0.5) is 10.2 Å². The summed E-state index contributed by atoms with van der Waals surface area (Å²) in [5.74, 6) is 0.543. The first-order valence-electron chi connectivity index (χ1n) is 7.18. The summed E-state index contributed by atoms with van der Waals surface area (Å²) >= 11 is 0. The molecule has 1 N–H and O–H groups in total. The number of hydrogen-bond donors (Lipinski definition) is 1. The molecule has 0 fully saturated rings. The molecule has 20 heavy (non-hydrogen) atoms. The van der Waals surface area contributed by atoms with Crippen molar-refractivity contribution in [1.29, 1.82) is 0 Å². The maximum Gasteiger partial charge on any atom is 0.149 e. The van der Waals surface area contributed by atoms with Gasteiger partial charge in [-0.1, -0.05) is 33.8 Å². The van der Waals surface area contributed by atoms with Gasteiger partial charge in [-0.3, -0.25) is 0 Å². The third-order valence-electron chi connectivity index (χ3n) is 3.50. The van der Waals surface area contributed by atoms with E-state index in [1.165, 1.54) is 6.07 Å². The number of fused-ring (bicyclic) bond motifs is 1. The molecule has 0 radical (unpaired) electrons. The fraction of sp³-hybridized carbons (Fsp3) is 0.471. The molecule has 0 atom stereocenters. The zero-order chi connectivity index (χ0) is 14.9. The number of halogens is 1. The predicted molar refractivity (Wildman–Crippen MR) is 83.9 cm³/mol. The molecule has 1 aromatic carbocycles. The van der Waals surface area contributed by atoms with E-state index in [1.807, 2.05) is 13.0 Å². The minimum atomic E-state index is -0.259. The van der Waals surface area contributed by atoms with Gasteiger partial charge < -0.3 is 5.32 Å². The summed E-state index contributed by atoms with van der Waals surface area (Å²) in [5.41, 5.74) is 2.61. The minimum Gasteiger partial charge on any atom is -0.370 e. The number of benzene rings is 1. The maximum atomic E-state index is 14.0. The molecule has 0 amide bonds. The van der Waals surface area contributed by atoms with Crippen LogP contribution in [0.5, 0.6) is 0 Å². The van der Waals surface area contributed by atoms with Crippen molar-refractivity contribution in [3.05, 3.63) is 35.1 Å². The number of pyridine rings is 1. The van der Waals surface area contributed by atoms with Crippen LogP contribution < -0.4 is 5.32 Å². The average molecular weight is 274 g/mol. The summed E-state index contributed by atoms with van der Waals surface area (Å²) in [6, 6.07) is 5.38. The van der Waals surface area contributed by atoms with E-state index >= 15 is 0 Å². The molecule has 0 spiro atoms. The van der Waals surface area contributed by atoms with E-state index in [9.17, 15) is 4.39 Å². The van der Waals surface area contributed by atoms with Gasteiger partial charge >= 0.3 is 0 Å². The van der Waals surface area contributed by atoms with E-state index in [1.54, 1.807) is 0 Å². The number of aryl methyl sites for hydroxylation is 1. The second-order valence-corrected chi connectivity index (χ2v) is 6.32. The summed E-state index contributed by atoms with van der Waals surface area (Å²) in [6.45, 7) is 11.4. The highest BCUT2D eigenvalue weighted by Crippen LogP contribution is 2.33. The van der Waals surface area contributed by atoms with Gasteiger partial charge in [-0.25, -0.2) is 9.37 Å². The second-order valence-electron chi connectivity index (χ2n) is 6.32. The monoisotopic (exact) mass is 274 g/mol. The van der Waals surface area contributed by atoms with Crippen molar-refractivity contribution in [2.45, 2.75) is 46.5 Å². The van der Waals surface area contributed by atoms with Crippen LogP contribution >= 0.6 is 0 Å². The van der Waals surface area contributed by atoms with Crippen LogP contribution in [0.25, 0.3) is 10.9 Å². The van der Waals surface area contributed by atoms with Crippen molar-refractivity contribution in [2.75, 3.05) is 11.9 Å². The Labute approximate surface area is 120 Å². The highest BCUT2D eigenvalue weighted by atomic mass is 19.1. The number of aromatic nitrogens is 1. The fourth-order valence-corrected chi connectivity index (χ4v) is 2.31. The van der Waals surface area contributed by atoms with Gasteiger partial charge in [-0.15, -0.1) is 0 Å². The summed E-state index contributed by atoms with van der Waals surface area (Å²) in [4.78, 5) is 4.55. The van der Waals surface area contributed by atoms with Gasteiger partial charge in [-0.2, -0.15) is 0 Å². The first-order valence-corrected chi connectivity index (χ1v) is 7.18. The molecule has 0 aliphatic rings. The van der Waals surface area contributed by atoms with Crippen LogP contribution in [0, 0.1) is 12.7 Å². The molecular weight excluding hydrogens is 251 g/mol. The second kappa shape index (κ2) is 5.39. The molecule has 1 heterocycles. The Kier molecular flexibility index (Phi) is 3.98. The molecule has 2 aromatic rings. The standard InChI is InChI=1S/C17H23FN2/c1-6-9-19-16-13(17(3,4)5)10-12-11(2)7-8-14(18)15(12)20-16/h7-8,10H,6,9H2,1-5H3,(H,19,20). The first kappa shape index (κ1) is 14.8. The van der Waals surface area contributed by atoms with Crippen molar-refractivity contribution >= 4 is 16.7 Å². The summed E-state index contributed by atoms with van der Waals surface area (Å²) in [6.07, 6.45) is 1.01. The fourth-order valence-electron chi connectivity index (χ4n) is 2.31. The van der Waals surface area contributed by atoms with Gasteiger partial charge in [0.25, 0.3) is 0 Å². The third-order valence-corrected chi connectivity index (χ3v) is 3.50. The number of hydrogen-bond acceptors (Lipinski definition) is 2. The lowest BCUT2D eigenvalue weighted by molar-refractivity contribution is 0.589. The van der Waals surface area contributed by atoms with Crippen LogP contribution in [0.1, 0.15) is 45.2 Å². The van der Waals surface area contributed by atoms with E-state index in [2.05, 4.69) is 44.1 Å². The van der Waals surface area contributed by atoms with E-state index in [-0.39, 0.29) is 11.2 Å². The van der Waals surface area contributed by atoms with Crippen molar-refractivity contribution in [3.63, 3.8) is 0 Å². The predicted octanol–water partition coefficient (Wildman–Crippen LogP) is 4.80. The first-order chi connectivity index (χ1) is 9.34. The van der Waals surface area contributed by atoms with E-state index < -0.39 is 0 Å². The SMILES string of the molecule is CCCNc1nc2c(F)ccc(C)c2cc1C(C)(C)C. The Morgan fingerprint density at radius 2 is 1.95 bits per heavy atom. The number of rotatable bonds is 3. The lowest BCUT2D eigenvalue weighted by atomic mass is 9.86. The zero-order valence-electron chi connectivity index (χ0n) is 13.0. The average Bonchev–Trinajstić information content (AvgIpc) is 2.39. The Hall–Kier alpha value is -1.64. The highest BCUT2D eigenvalue weighted by Gasteiger charge is 2.21. The van der Waals surface area contributed by atoms with Gasteiger partial charge in [0.1, 0.15) is 17.2 Å². The molecule has 0 saturated heterocycles.